The van der Waals surface area contributed by atoms with E-state index in [2.05, 4.69) is 10.3 Å². The van der Waals surface area contributed by atoms with E-state index in [1.807, 2.05) is 0 Å². The number of ether oxygens (including phenoxy) is 1. The smallest absolute Gasteiger partial charge is 0.305 e. The molecule has 7 nitrogen and oxygen atoms in total. The number of nitrogens with two attached hydrogens (primary N) is 2. The summed E-state index contributed by atoms with van der Waals surface area (Å²) < 4.78 is 4.71. The van der Waals surface area contributed by atoms with Gasteiger partial charge in [-0.1, -0.05) is 32.1 Å². The normalized spacial score (nSPS) is 28.2. The minimum absolute atomic E-state index is 0.0286. The number of aliphatic imine (C=N–C) groups is 1. The molecule has 2 atom stereocenters. The van der Waals surface area contributed by atoms with E-state index in [0.29, 0.717) is 18.3 Å². The molecule has 1 amide bonds. The van der Waals surface area contributed by atoms with E-state index in [0.717, 1.165) is 45.1 Å². The van der Waals surface area contributed by atoms with E-state index >= 15 is 0 Å². The van der Waals surface area contributed by atoms with Crippen LogP contribution in [-0.2, 0) is 14.3 Å². The maximum absolute atomic E-state index is 12.4. The highest BCUT2D eigenvalue weighted by Gasteiger charge is 2.27. The number of hydrogen-bond donors (Lipinski definition) is 3. The highest BCUT2D eigenvalue weighted by molar-refractivity contribution is 5.79. The van der Waals surface area contributed by atoms with E-state index in [-0.39, 0.29) is 29.8 Å². The van der Waals surface area contributed by atoms with Crippen molar-refractivity contribution in [1.29, 1.82) is 0 Å². The third kappa shape index (κ3) is 7.77. The second-order valence-corrected chi connectivity index (χ2v) is 8.15. The molecule has 27 heavy (non-hydrogen) atoms. The van der Waals surface area contributed by atoms with Crippen LogP contribution in [0.3, 0.4) is 0 Å². The van der Waals surface area contributed by atoms with E-state index in [1.54, 1.807) is 0 Å². The van der Waals surface area contributed by atoms with Gasteiger partial charge in [-0.2, -0.15) is 0 Å². The van der Waals surface area contributed by atoms with Gasteiger partial charge in [0, 0.05) is 18.9 Å². The van der Waals surface area contributed by atoms with Crippen molar-refractivity contribution in [2.75, 3.05) is 13.7 Å². The van der Waals surface area contributed by atoms with Crippen molar-refractivity contribution >= 4 is 17.8 Å². The van der Waals surface area contributed by atoms with Crippen molar-refractivity contribution < 1.29 is 14.3 Å². The SMILES string of the molecule is COC(=O)CCC1CCC(CCNC(=O)C2CCCC(N=C(N)N)C2)CC1. The van der Waals surface area contributed by atoms with Gasteiger partial charge >= 0.3 is 5.97 Å². The fraction of sp³-hybridized carbons (Fsp3) is 0.850. The van der Waals surface area contributed by atoms with Crippen LogP contribution in [0.4, 0.5) is 0 Å². The zero-order valence-corrected chi connectivity index (χ0v) is 16.6. The van der Waals surface area contributed by atoms with Crippen molar-refractivity contribution in [3.8, 4) is 0 Å². The number of carbonyl (C=O) groups is 2. The van der Waals surface area contributed by atoms with Crippen LogP contribution in [-0.4, -0.2) is 37.5 Å². The average Bonchev–Trinajstić information content (AvgIpc) is 2.66. The molecule has 0 heterocycles. The molecule has 2 rings (SSSR count). The molecule has 2 aliphatic rings. The van der Waals surface area contributed by atoms with Gasteiger partial charge in [-0.25, -0.2) is 0 Å². The molecule has 0 spiro atoms. The number of guanidine groups is 1. The summed E-state index contributed by atoms with van der Waals surface area (Å²) in [6.07, 6.45) is 10.9. The third-order valence-electron chi connectivity index (χ3n) is 6.15. The summed E-state index contributed by atoms with van der Waals surface area (Å²) in [5.41, 5.74) is 10.9. The lowest BCUT2D eigenvalue weighted by atomic mass is 9.78. The van der Waals surface area contributed by atoms with E-state index in [1.165, 1.54) is 32.8 Å². The fourth-order valence-corrected chi connectivity index (χ4v) is 4.51. The highest BCUT2D eigenvalue weighted by atomic mass is 16.5. The lowest BCUT2D eigenvalue weighted by Gasteiger charge is -2.29. The lowest BCUT2D eigenvalue weighted by molar-refractivity contribution is -0.141. The Labute approximate surface area is 162 Å². The Morgan fingerprint density at radius 1 is 1.04 bits per heavy atom. The summed E-state index contributed by atoms with van der Waals surface area (Å²) in [6, 6.07) is 0.0831. The minimum atomic E-state index is -0.107. The Bertz CT molecular complexity index is 511. The quantitative estimate of drug-likeness (QED) is 0.338. The van der Waals surface area contributed by atoms with Gasteiger partial charge < -0.3 is 21.5 Å². The molecule has 2 aliphatic carbocycles. The second kappa shape index (κ2) is 11.1. The molecule has 5 N–H and O–H groups in total. The maximum atomic E-state index is 12.4. The Balaban J connectivity index is 1.60. The van der Waals surface area contributed by atoms with Gasteiger partial charge in [0.2, 0.25) is 5.91 Å². The number of rotatable bonds is 8. The zero-order valence-electron chi connectivity index (χ0n) is 16.6. The summed E-state index contributed by atoms with van der Waals surface area (Å²) in [7, 11) is 1.45. The molecule has 2 fully saturated rings. The average molecular weight is 381 g/mol. The molecule has 2 unspecified atom stereocenters. The molecular formula is C20H36N4O3. The van der Waals surface area contributed by atoms with Gasteiger partial charge in [0.1, 0.15) is 0 Å². The fourth-order valence-electron chi connectivity index (χ4n) is 4.51. The van der Waals surface area contributed by atoms with Crippen LogP contribution < -0.4 is 16.8 Å². The number of nitrogens with one attached hydrogen (secondary N) is 1. The van der Waals surface area contributed by atoms with Gasteiger partial charge in [-0.05, 0) is 43.9 Å². The summed E-state index contributed by atoms with van der Waals surface area (Å²) in [6.45, 7) is 0.750. The van der Waals surface area contributed by atoms with Gasteiger partial charge in [-0.3, -0.25) is 14.6 Å². The maximum Gasteiger partial charge on any atom is 0.305 e. The Morgan fingerprint density at radius 3 is 2.33 bits per heavy atom. The first-order valence-corrected chi connectivity index (χ1v) is 10.4. The van der Waals surface area contributed by atoms with Crippen LogP contribution in [0.1, 0.15) is 70.6 Å². The number of hydrogen-bond acceptors (Lipinski definition) is 4. The predicted molar refractivity (Wildman–Crippen MR) is 106 cm³/mol. The highest BCUT2D eigenvalue weighted by Crippen LogP contribution is 2.33. The number of nitrogens with zero attached hydrogens (tertiary/aromatic N) is 1. The molecular weight excluding hydrogens is 344 g/mol. The van der Waals surface area contributed by atoms with Gasteiger partial charge in [-0.15, -0.1) is 0 Å². The second-order valence-electron chi connectivity index (χ2n) is 8.15. The molecule has 0 bridgehead atoms. The largest absolute Gasteiger partial charge is 0.469 e. The van der Waals surface area contributed by atoms with Crippen molar-refractivity contribution in [3.05, 3.63) is 0 Å². The van der Waals surface area contributed by atoms with Crippen LogP contribution >= 0.6 is 0 Å². The summed E-state index contributed by atoms with van der Waals surface area (Å²) >= 11 is 0. The molecule has 0 saturated heterocycles. The van der Waals surface area contributed by atoms with Gasteiger partial charge in [0.15, 0.2) is 5.96 Å². The van der Waals surface area contributed by atoms with Gasteiger partial charge in [0.05, 0.1) is 13.2 Å². The predicted octanol–water partition coefficient (Wildman–Crippen LogP) is 2.08. The number of amides is 1. The van der Waals surface area contributed by atoms with Crippen molar-refractivity contribution in [2.24, 2.45) is 34.2 Å². The number of methoxy groups -OCH3 is 1. The van der Waals surface area contributed by atoms with E-state index in [4.69, 9.17) is 16.2 Å². The van der Waals surface area contributed by atoms with Crippen LogP contribution in [0.15, 0.2) is 4.99 Å². The van der Waals surface area contributed by atoms with Crippen LogP contribution in [0.2, 0.25) is 0 Å². The first kappa shape index (κ1) is 21.5. The lowest BCUT2D eigenvalue weighted by Crippen LogP contribution is -2.37. The van der Waals surface area contributed by atoms with E-state index in [9.17, 15) is 9.59 Å². The summed E-state index contributed by atoms with van der Waals surface area (Å²) in [5.74, 6) is 1.51. The van der Waals surface area contributed by atoms with E-state index < -0.39 is 0 Å². The topological polar surface area (TPSA) is 120 Å². The molecule has 0 aromatic heterocycles. The Hall–Kier alpha value is -1.79. The first-order valence-electron chi connectivity index (χ1n) is 10.4. The van der Waals surface area contributed by atoms with Crippen molar-refractivity contribution in [1.82, 2.24) is 5.32 Å². The molecule has 154 valence electrons. The number of esters is 1. The molecule has 0 aliphatic heterocycles. The standard InChI is InChI=1S/C20H36N4O3/c1-27-18(25)10-9-14-5-7-15(8-6-14)11-12-23-19(26)16-3-2-4-17(13-16)24-20(21)22/h14-17H,2-13H2,1H3,(H,23,26)(H4,21,22,24). The Kier molecular flexibility index (Phi) is 8.88. The molecule has 0 aromatic carbocycles. The summed E-state index contributed by atoms with van der Waals surface area (Å²) in [4.78, 5) is 27.9. The molecule has 7 heteroatoms. The first-order chi connectivity index (χ1) is 13.0. The van der Waals surface area contributed by atoms with Crippen LogP contribution in [0.25, 0.3) is 0 Å². The monoisotopic (exact) mass is 380 g/mol. The minimum Gasteiger partial charge on any atom is -0.469 e. The zero-order chi connectivity index (χ0) is 19.6. The van der Waals surface area contributed by atoms with Crippen LogP contribution in [0, 0.1) is 17.8 Å². The Morgan fingerprint density at radius 2 is 1.70 bits per heavy atom. The molecule has 0 aromatic rings. The van der Waals surface area contributed by atoms with Crippen molar-refractivity contribution in [3.63, 3.8) is 0 Å². The van der Waals surface area contributed by atoms with Crippen molar-refractivity contribution in [2.45, 2.75) is 76.7 Å². The van der Waals surface area contributed by atoms with Gasteiger partial charge in [0.25, 0.3) is 0 Å². The third-order valence-corrected chi connectivity index (χ3v) is 6.15. The molecule has 2 saturated carbocycles. The number of carbonyl (C=O) groups excluding carboxylic acids is 2. The molecule has 0 radical (unpaired) electrons. The van der Waals surface area contributed by atoms with Crippen LogP contribution in [0.5, 0.6) is 0 Å². The summed E-state index contributed by atoms with van der Waals surface area (Å²) in [5, 5.41) is 3.12.